The Bertz CT molecular complexity index is 687. The second kappa shape index (κ2) is 12.0. The summed E-state index contributed by atoms with van der Waals surface area (Å²) in [5.74, 6) is -3.58. The standard InChI is InChI=1S/C17H24N4O6S/c18-11(6-10-4-2-1-3-5-10)15(24)21-12(8-22)16(25)19-7-14(23)20-13(9-28)17(26)27/h1-5,11-13,22,28H,6-9,18H2,(H,19,25)(H,20,23)(H,21,24)(H,26,27). The van der Waals surface area contributed by atoms with Crippen molar-refractivity contribution in [1.82, 2.24) is 16.0 Å². The summed E-state index contributed by atoms with van der Waals surface area (Å²) in [7, 11) is 0. The number of thiol groups is 1. The van der Waals surface area contributed by atoms with Gasteiger partial charge in [0, 0.05) is 5.75 Å². The lowest BCUT2D eigenvalue weighted by molar-refractivity contribution is -0.141. The zero-order valence-electron chi connectivity index (χ0n) is 15.0. The fourth-order valence-corrected chi connectivity index (χ4v) is 2.40. The molecule has 0 saturated carbocycles. The second-order valence-electron chi connectivity index (χ2n) is 5.90. The molecule has 0 spiro atoms. The molecule has 0 saturated heterocycles. The van der Waals surface area contributed by atoms with E-state index in [0.29, 0.717) is 0 Å². The van der Waals surface area contributed by atoms with Gasteiger partial charge in [0.15, 0.2) is 0 Å². The van der Waals surface area contributed by atoms with Gasteiger partial charge in [-0.25, -0.2) is 4.79 Å². The number of hydrogen-bond acceptors (Lipinski definition) is 7. The molecule has 0 radical (unpaired) electrons. The largest absolute Gasteiger partial charge is 0.480 e. The first-order chi connectivity index (χ1) is 13.3. The van der Waals surface area contributed by atoms with Gasteiger partial charge >= 0.3 is 5.97 Å². The molecule has 1 rings (SSSR count). The summed E-state index contributed by atoms with van der Waals surface area (Å²) < 4.78 is 0. The third-order valence-corrected chi connectivity index (χ3v) is 4.05. The molecule has 3 amide bonds. The molecule has 3 atom stereocenters. The van der Waals surface area contributed by atoms with Crippen LogP contribution in [0.4, 0.5) is 0 Å². The Labute approximate surface area is 167 Å². The van der Waals surface area contributed by atoms with Crippen LogP contribution in [0.2, 0.25) is 0 Å². The van der Waals surface area contributed by atoms with Gasteiger partial charge < -0.3 is 31.9 Å². The molecule has 0 aliphatic rings. The van der Waals surface area contributed by atoms with Crippen LogP contribution in [-0.4, -0.2) is 70.9 Å². The number of carbonyl (C=O) groups is 4. The van der Waals surface area contributed by atoms with Crippen molar-refractivity contribution in [3.8, 4) is 0 Å². The number of hydrogen-bond donors (Lipinski definition) is 7. The molecule has 10 nitrogen and oxygen atoms in total. The van der Waals surface area contributed by atoms with Gasteiger partial charge in [-0.1, -0.05) is 30.3 Å². The minimum Gasteiger partial charge on any atom is -0.480 e. The normalized spacial score (nSPS) is 13.7. The van der Waals surface area contributed by atoms with Gasteiger partial charge in [0.2, 0.25) is 17.7 Å². The van der Waals surface area contributed by atoms with Crippen molar-refractivity contribution >= 4 is 36.3 Å². The molecule has 28 heavy (non-hydrogen) atoms. The molecule has 0 aliphatic carbocycles. The van der Waals surface area contributed by atoms with Crippen molar-refractivity contribution in [2.24, 2.45) is 5.73 Å². The van der Waals surface area contributed by atoms with E-state index in [2.05, 4.69) is 28.6 Å². The molecule has 0 fully saturated rings. The monoisotopic (exact) mass is 412 g/mol. The summed E-state index contributed by atoms with van der Waals surface area (Å²) in [4.78, 5) is 46.7. The lowest BCUT2D eigenvalue weighted by Gasteiger charge is -2.19. The summed E-state index contributed by atoms with van der Waals surface area (Å²) in [6, 6.07) is 5.61. The number of amides is 3. The topological polar surface area (TPSA) is 171 Å². The highest BCUT2D eigenvalue weighted by Crippen LogP contribution is 2.02. The number of aliphatic carboxylic acids is 1. The van der Waals surface area contributed by atoms with E-state index in [0.717, 1.165) is 5.56 Å². The zero-order valence-corrected chi connectivity index (χ0v) is 15.9. The third-order valence-electron chi connectivity index (χ3n) is 3.69. The molecular weight excluding hydrogens is 388 g/mol. The quantitative estimate of drug-likeness (QED) is 0.199. The van der Waals surface area contributed by atoms with Gasteiger partial charge in [-0.05, 0) is 12.0 Å². The van der Waals surface area contributed by atoms with Crippen molar-refractivity contribution in [2.45, 2.75) is 24.5 Å². The van der Waals surface area contributed by atoms with E-state index in [1.165, 1.54) is 0 Å². The molecule has 0 heterocycles. The van der Waals surface area contributed by atoms with Crippen LogP contribution in [-0.2, 0) is 25.6 Å². The maximum atomic E-state index is 12.1. The van der Waals surface area contributed by atoms with Crippen LogP contribution in [0.15, 0.2) is 30.3 Å². The van der Waals surface area contributed by atoms with Crippen molar-refractivity contribution in [3.05, 3.63) is 35.9 Å². The van der Waals surface area contributed by atoms with Crippen LogP contribution in [0.3, 0.4) is 0 Å². The molecule has 11 heteroatoms. The molecular formula is C17H24N4O6S. The summed E-state index contributed by atoms with van der Waals surface area (Å²) >= 11 is 3.80. The number of nitrogens with two attached hydrogens (primary N) is 1. The van der Waals surface area contributed by atoms with E-state index >= 15 is 0 Å². The molecule has 0 aromatic heterocycles. The third kappa shape index (κ3) is 7.94. The molecule has 1 aromatic rings. The van der Waals surface area contributed by atoms with Crippen LogP contribution < -0.4 is 21.7 Å². The Kier molecular flexibility index (Phi) is 9.99. The lowest BCUT2D eigenvalue weighted by atomic mass is 10.1. The zero-order chi connectivity index (χ0) is 21.1. The fraction of sp³-hybridized carbons (Fsp3) is 0.412. The van der Waals surface area contributed by atoms with Crippen molar-refractivity contribution in [1.29, 1.82) is 0 Å². The molecule has 0 aliphatic heterocycles. The fourth-order valence-electron chi connectivity index (χ4n) is 2.16. The number of carbonyl (C=O) groups excluding carboxylic acids is 3. The van der Waals surface area contributed by atoms with Crippen LogP contribution in [0, 0.1) is 0 Å². The minimum atomic E-state index is -1.30. The van der Waals surface area contributed by atoms with Crippen LogP contribution in [0.25, 0.3) is 0 Å². The van der Waals surface area contributed by atoms with Crippen LogP contribution in [0.1, 0.15) is 5.56 Å². The van der Waals surface area contributed by atoms with Crippen molar-refractivity contribution in [2.75, 3.05) is 18.9 Å². The number of rotatable bonds is 11. The molecule has 3 unspecified atom stereocenters. The highest BCUT2D eigenvalue weighted by Gasteiger charge is 2.24. The predicted molar refractivity (Wildman–Crippen MR) is 104 cm³/mol. The molecule has 0 bridgehead atoms. The number of benzene rings is 1. The van der Waals surface area contributed by atoms with Crippen LogP contribution in [0.5, 0.6) is 0 Å². The Morgan fingerprint density at radius 2 is 1.68 bits per heavy atom. The summed E-state index contributed by atoms with van der Waals surface area (Å²) in [6.07, 6.45) is 0.245. The maximum Gasteiger partial charge on any atom is 0.327 e. The Hall–Kier alpha value is -2.63. The van der Waals surface area contributed by atoms with Crippen LogP contribution >= 0.6 is 12.6 Å². The first kappa shape index (κ1) is 23.4. The van der Waals surface area contributed by atoms with Gasteiger partial charge in [0.1, 0.15) is 12.1 Å². The number of aliphatic hydroxyl groups excluding tert-OH is 1. The second-order valence-corrected chi connectivity index (χ2v) is 6.26. The molecule has 1 aromatic carbocycles. The highest BCUT2D eigenvalue weighted by atomic mass is 32.1. The summed E-state index contributed by atoms with van der Waals surface area (Å²) in [6.45, 7) is -1.23. The molecule has 7 N–H and O–H groups in total. The van der Waals surface area contributed by atoms with Crippen molar-refractivity contribution in [3.63, 3.8) is 0 Å². The maximum absolute atomic E-state index is 12.1. The first-order valence-electron chi connectivity index (χ1n) is 8.40. The minimum absolute atomic E-state index is 0.121. The highest BCUT2D eigenvalue weighted by molar-refractivity contribution is 7.80. The first-order valence-corrected chi connectivity index (χ1v) is 9.03. The Morgan fingerprint density at radius 1 is 1.04 bits per heavy atom. The number of carboxylic acids is 1. The van der Waals surface area contributed by atoms with E-state index < -0.39 is 55.0 Å². The van der Waals surface area contributed by atoms with E-state index in [9.17, 15) is 24.3 Å². The van der Waals surface area contributed by atoms with E-state index in [-0.39, 0.29) is 12.2 Å². The van der Waals surface area contributed by atoms with E-state index in [4.69, 9.17) is 10.8 Å². The Balaban J connectivity index is 2.50. The van der Waals surface area contributed by atoms with E-state index in [1.807, 2.05) is 6.07 Å². The van der Waals surface area contributed by atoms with Gasteiger partial charge in [-0.3, -0.25) is 14.4 Å². The van der Waals surface area contributed by atoms with Gasteiger partial charge in [-0.15, -0.1) is 0 Å². The average molecular weight is 412 g/mol. The summed E-state index contributed by atoms with van der Waals surface area (Å²) in [5.41, 5.74) is 6.66. The average Bonchev–Trinajstić information content (AvgIpc) is 2.68. The van der Waals surface area contributed by atoms with Gasteiger partial charge in [0.05, 0.1) is 19.2 Å². The number of nitrogens with one attached hydrogen (secondary N) is 3. The van der Waals surface area contributed by atoms with Gasteiger partial charge in [-0.2, -0.15) is 12.6 Å². The molecule has 154 valence electrons. The summed E-state index contributed by atoms with van der Waals surface area (Å²) in [5, 5.41) is 24.9. The van der Waals surface area contributed by atoms with E-state index in [1.54, 1.807) is 24.3 Å². The van der Waals surface area contributed by atoms with Crippen molar-refractivity contribution < 1.29 is 29.4 Å². The SMILES string of the molecule is NC(Cc1ccccc1)C(=O)NC(CO)C(=O)NCC(=O)NC(CS)C(=O)O. The predicted octanol–water partition coefficient (Wildman–Crippen LogP) is -2.35. The smallest absolute Gasteiger partial charge is 0.327 e. The lowest BCUT2D eigenvalue weighted by Crippen LogP contribution is -2.55. The Morgan fingerprint density at radius 3 is 2.21 bits per heavy atom. The van der Waals surface area contributed by atoms with Gasteiger partial charge in [0.25, 0.3) is 0 Å². The number of aliphatic hydroxyl groups is 1. The number of carboxylic acid groups (broad SMARTS) is 1.